The minimum absolute atomic E-state index is 0.546. The highest BCUT2D eigenvalue weighted by Gasteiger charge is 2.00. The highest BCUT2D eigenvalue weighted by molar-refractivity contribution is 8.01. The number of hydrogen-bond donors (Lipinski definition) is 1. The quantitative estimate of drug-likeness (QED) is 0.652. The van der Waals surface area contributed by atoms with Crippen LogP contribution in [0.3, 0.4) is 0 Å². The van der Waals surface area contributed by atoms with Gasteiger partial charge in [0.1, 0.15) is 10.1 Å². The first-order valence-corrected chi connectivity index (χ1v) is 7.61. The van der Waals surface area contributed by atoms with Crippen molar-refractivity contribution in [3.63, 3.8) is 0 Å². The Morgan fingerprint density at radius 2 is 2.33 bits per heavy atom. The Bertz CT molecular complexity index is 499. The summed E-state index contributed by atoms with van der Waals surface area (Å²) >= 11 is 3.41. The van der Waals surface area contributed by atoms with E-state index in [1.165, 1.54) is 0 Å². The molecule has 3 nitrogen and oxygen atoms in total. The summed E-state index contributed by atoms with van der Waals surface area (Å²) < 4.78 is 6.78. The number of thiazole rings is 1. The second kappa shape index (κ2) is 6.78. The topological polar surface area (TPSA) is 48.1 Å². The number of benzene rings is 1. The second-order valence-electron chi connectivity index (χ2n) is 3.80. The van der Waals surface area contributed by atoms with Crippen molar-refractivity contribution in [3.8, 4) is 5.75 Å². The molecule has 2 N–H and O–H groups in total. The van der Waals surface area contributed by atoms with E-state index in [1.807, 2.05) is 31.2 Å². The average Bonchev–Trinajstić information content (AvgIpc) is 2.81. The molecule has 96 valence electrons. The van der Waals surface area contributed by atoms with Crippen LogP contribution in [0.25, 0.3) is 0 Å². The molecule has 0 bridgehead atoms. The third kappa shape index (κ3) is 4.01. The normalized spacial score (nSPS) is 10.6. The molecular formula is C13H16N2OS2. The largest absolute Gasteiger partial charge is 0.493 e. The Kier molecular flexibility index (Phi) is 5.04. The van der Waals surface area contributed by atoms with Crippen LogP contribution in [0.5, 0.6) is 5.75 Å². The SMILES string of the molecule is Cc1csc(SCCOc2cccc(CN)c2)n1. The van der Waals surface area contributed by atoms with Crippen LogP contribution in [-0.4, -0.2) is 17.3 Å². The van der Waals surface area contributed by atoms with E-state index in [2.05, 4.69) is 10.4 Å². The van der Waals surface area contributed by atoms with Crippen molar-refractivity contribution in [2.75, 3.05) is 12.4 Å². The lowest BCUT2D eigenvalue weighted by molar-refractivity contribution is 0.343. The maximum Gasteiger partial charge on any atom is 0.150 e. The van der Waals surface area contributed by atoms with Crippen LogP contribution < -0.4 is 10.5 Å². The van der Waals surface area contributed by atoms with Gasteiger partial charge in [0.05, 0.1) is 6.61 Å². The van der Waals surface area contributed by atoms with Gasteiger partial charge in [0.25, 0.3) is 0 Å². The van der Waals surface area contributed by atoms with Crippen molar-refractivity contribution in [2.24, 2.45) is 5.73 Å². The van der Waals surface area contributed by atoms with E-state index in [0.717, 1.165) is 27.1 Å². The summed E-state index contributed by atoms with van der Waals surface area (Å²) in [5.41, 5.74) is 7.76. The van der Waals surface area contributed by atoms with Crippen LogP contribution in [0.15, 0.2) is 34.0 Å². The molecule has 0 fully saturated rings. The van der Waals surface area contributed by atoms with Gasteiger partial charge in [0.2, 0.25) is 0 Å². The van der Waals surface area contributed by atoms with E-state index in [-0.39, 0.29) is 0 Å². The number of ether oxygens (including phenoxy) is 1. The molecule has 0 aliphatic heterocycles. The number of hydrogen-bond acceptors (Lipinski definition) is 5. The summed E-state index contributed by atoms with van der Waals surface area (Å²) in [4.78, 5) is 4.39. The van der Waals surface area contributed by atoms with Crippen LogP contribution in [0.4, 0.5) is 0 Å². The maximum absolute atomic E-state index is 5.68. The van der Waals surface area contributed by atoms with Crippen molar-refractivity contribution >= 4 is 23.1 Å². The summed E-state index contributed by atoms with van der Waals surface area (Å²) in [5.74, 6) is 1.79. The summed E-state index contributed by atoms with van der Waals surface area (Å²) in [6, 6.07) is 7.91. The van der Waals surface area contributed by atoms with E-state index >= 15 is 0 Å². The van der Waals surface area contributed by atoms with E-state index in [9.17, 15) is 0 Å². The van der Waals surface area contributed by atoms with Gasteiger partial charge in [-0.25, -0.2) is 4.98 Å². The minimum Gasteiger partial charge on any atom is -0.493 e. The highest BCUT2D eigenvalue weighted by Crippen LogP contribution is 2.22. The molecule has 0 aliphatic carbocycles. The van der Waals surface area contributed by atoms with Gasteiger partial charge in [-0.1, -0.05) is 23.9 Å². The van der Waals surface area contributed by atoms with E-state index < -0.39 is 0 Å². The third-order valence-corrected chi connectivity index (χ3v) is 4.41. The average molecular weight is 280 g/mol. The number of aryl methyl sites for hydroxylation is 1. The number of nitrogens with zero attached hydrogens (tertiary/aromatic N) is 1. The van der Waals surface area contributed by atoms with Gasteiger partial charge in [0.15, 0.2) is 0 Å². The molecule has 0 unspecified atom stereocenters. The van der Waals surface area contributed by atoms with Gasteiger partial charge in [-0.2, -0.15) is 0 Å². The Hall–Kier alpha value is -1.04. The van der Waals surface area contributed by atoms with Gasteiger partial charge in [-0.15, -0.1) is 11.3 Å². The molecule has 0 radical (unpaired) electrons. The molecule has 0 spiro atoms. The van der Waals surface area contributed by atoms with Crippen molar-refractivity contribution < 1.29 is 4.74 Å². The van der Waals surface area contributed by atoms with Gasteiger partial charge in [0, 0.05) is 23.4 Å². The summed E-state index contributed by atoms with van der Waals surface area (Å²) in [6.45, 7) is 3.23. The molecule has 0 amide bonds. The van der Waals surface area contributed by atoms with Crippen LogP contribution in [0, 0.1) is 6.92 Å². The molecule has 18 heavy (non-hydrogen) atoms. The zero-order valence-electron chi connectivity index (χ0n) is 10.3. The number of rotatable bonds is 6. The molecule has 1 aromatic heterocycles. The van der Waals surface area contributed by atoms with Crippen molar-refractivity contribution in [3.05, 3.63) is 40.9 Å². The van der Waals surface area contributed by atoms with E-state index in [1.54, 1.807) is 23.1 Å². The lowest BCUT2D eigenvalue weighted by Crippen LogP contribution is -2.01. The van der Waals surface area contributed by atoms with Crippen LogP contribution in [0.2, 0.25) is 0 Å². The first kappa shape index (κ1) is 13.4. The van der Waals surface area contributed by atoms with Gasteiger partial charge < -0.3 is 10.5 Å². The molecular weight excluding hydrogens is 264 g/mol. The second-order valence-corrected chi connectivity index (χ2v) is 6.00. The molecule has 2 rings (SSSR count). The number of nitrogens with two attached hydrogens (primary N) is 1. The fourth-order valence-corrected chi connectivity index (χ4v) is 3.19. The zero-order valence-corrected chi connectivity index (χ0v) is 11.9. The highest BCUT2D eigenvalue weighted by atomic mass is 32.2. The smallest absolute Gasteiger partial charge is 0.150 e. The van der Waals surface area contributed by atoms with E-state index in [0.29, 0.717) is 13.2 Å². The minimum atomic E-state index is 0.546. The summed E-state index contributed by atoms with van der Waals surface area (Å²) in [5, 5.41) is 2.06. The lowest BCUT2D eigenvalue weighted by Gasteiger charge is -2.06. The lowest BCUT2D eigenvalue weighted by atomic mass is 10.2. The Balaban J connectivity index is 1.74. The molecule has 0 saturated carbocycles. The molecule has 0 atom stereocenters. The fourth-order valence-electron chi connectivity index (χ4n) is 1.45. The number of aromatic nitrogens is 1. The van der Waals surface area contributed by atoms with Gasteiger partial charge >= 0.3 is 0 Å². The molecule has 0 saturated heterocycles. The monoisotopic (exact) mass is 280 g/mol. The standard InChI is InChI=1S/C13H16N2OS2/c1-10-9-18-13(15-10)17-6-5-16-12-4-2-3-11(7-12)8-14/h2-4,7,9H,5-6,8,14H2,1H3. The summed E-state index contributed by atoms with van der Waals surface area (Å²) in [6.07, 6.45) is 0. The Labute approximate surface area is 115 Å². The Morgan fingerprint density at radius 3 is 3.06 bits per heavy atom. The van der Waals surface area contributed by atoms with Crippen molar-refractivity contribution in [1.82, 2.24) is 4.98 Å². The molecule has 5 heteroatoms. The van der Waals surface area contributed by atoms with Gasteiger partial charge in [-0.05, 0) is 24.6 Å². The van der Waals surface area contributed by atoms with Gasteiger partial charge in [-0.3, -0.25) is 0 Å². The van der Waals surface area contributed by atoms with Crippen LogP contribution >= 0.6 is 23.1 Å². The molecule has 0 aliphatic rings. The predicted octanol–water partition coefficient (Wildman–Crippen LogP) is 3.08. The fraction of sp³-hybridized carbons (Fsp3) is 0.308. The predicted molar refractivity (Wildman–Crippen MR) is 77.4 cm³/mol. The van der Waals surface area contributed by atoms with Crippen LogP contribution in [-0.2, 0) is 6.54 Å². The summed E-state index contributed by atoms with van der Waals surface area (Å²) in [7, 11) is 0. The van der Waals surface area contributed by atoms with Crippen LogP contribution in [0.1, 0.15) is 11.3 Å². The third-order valence-electron chi connectivity index (χ3n) is 2.31. The van der Waals surface area contributed by atoms with Crippen molar-refractivity contribution in [2.45, 2.75) is 17.8 Å². The van der Waals surface area contributed by atoms with Crippen molar-refractivity contribution in [1.29, 1.82) is 0 Å². The number of thioether (sulfide) groups is 1. The first-order valence-electron chi connectivity index (χ1n) is 5.74. The van der Waals surface area contributed by atoms with E-state index in [4.69, 9.17) is 10.5 Å². The zero-order chi connectivity index (χ0) is 12.8. The first-order chi connectivity index (χ1) is 8.78. The molecule has 1 heterocycles. The maximum atomic E-state index is 5.68. The Morgan fingerprint density at radius 1 is 1.44 bits per heavy atom. The molecule has 1 aromatic carbocycles. The molecule has 2 aromatic rings.